The fourth-order valence-corrected chi connectivity index (χ4v) is 4.24. The van der Waals surface area contributed by atoms with E-state index in [9.17, 15) is 9.59 Å². The van der Waals surface area contributed by atoms with Crippen LogP contribution in [0.2, 0.25) is 0 Å². The van der Waals surface area contributed by atoms with E-state index in [0.29, 0.717) is 29.7 Å². The number of benzene rings is 1. The van der Waals surface area contributed by atoms with Crippen LogP contribution in [0.3, 0.4) is 0 Å². The molecule has 0 saturated carbocycles. The van der Waals surface area contributed by atoms with Gasteiger partial charge in [0.25, 0.3) is 5.91 Å². The highest BCUT2D eigenvalue weighted by molar-refractivity contribution is 5.82. The van der Waals surface area contributed by atoms with E-state index >= 15 is 0 Å². The first-order chi connectivity index (χ1) is 13.2. The Kier molecular flexibility index (Phi) is 5.50. The lowest BCUT2D eigenvalue weighted by Crippen LogP contribution is -2.49. The third-order valence-corrected chi connectivity index (χ3v) is 5.94. The molecule has 0 N–H and O–H groups in total. The number of hydrogen-bond acceptors (Lipinski definition) is 4. The lowest BCUT2D eigenvalue weighted by molar-refractivity contribution is -0.142. The Labute approximate surface area is 160 Å². The Morgan fingerprint density at radius 2 is 1.67 bits per heavy atom. The van der Waals surface area contributed by atoms with Gasteiger partial charge in [-0.25, -0.2) is 0 Å². The highest BCUT2D eigenvalue weighted by atomic mass is 16.6. The fraction of sp³-hybridized carbons (Fsp3) is 0.619. The summed E-state index contributed by atoms with van der Waals surface area (Å²) in [6, 6.07) is 7.46. The number of nitrogens with zero attached hydrogens (tertiary/aromatic N) is 2. The van der Waals surface area contributed by atoms with Gasteiger partial charge in [-0.2, -0.15) is 0 Å². The van der Waals surface area contributed by atoms with Gasteiger partial charge in [0, 0.05) is 32.6 Å². The summed E-state index contributed by atoms with van der Waals surface area (Å²) in [4.78, 5) is 28.9. The molecule has 3 aliphatic rings. The molecule has 2 amide bonds. The van der Waals surface area contributed by atoms with E-state index < -0.39 is 6.10 Å². The molecule has 1 atom stereocenters. The second kappa shape index (κ2) is 8.19. The van der Waals surface area contributed by atoms with Gasteiger partial charge >= 0.3 is 0 Å². The van der Waals surface area contributed by atoms with Crippen molar-refractivity contribution in [2.24, 2.45) is 5.92 Å². The van der Waals surface area contributed by atoms with Crippen molar-refractivity contribution >= 4 is 11.8 Å². The van der Waals surface area contributed by atoms with Gasteiger partial charge in [-0.15, -0.1) is 0 Å². The standard InChI is InChI=1S/C21H28N2O4/c24-20(22-11-3-4-12-22)8-7-16-9-13-23(14-10-16)21(25)19-15-26-17-5-1-2-6-18(17)27-19/h1-2,5-6,16,19H,3-4,7-15H2/t19-/m0/s1. The molecule has 6 nitrogen and oxygen atoms in total. The molecule has 2 fully saturated rings. The second-order valence-electron chi connectivity index (χ2n) is 7.76. The average Bonchev–Trinajstić information content (AvgIpc) is 3.26. The topological polar surface area (TPSA) is 59.1 Å². The summed E-state index contributed by atoms with van der Waals surface area (Å²) < 4.78 is 11.5. The number of ether oxygens (including phenoxy) is 2. The maximum atomic E-state index is 12.8. The zero-order valence-corrected chi connectivity index (χ0v) is 15.8. The van der Waals surface area contributed by atoms with Crippen molar-refractivity contribution in [2.75, 3.05) is 32.8 Å². The van der Waals surface area contributed by atoms with Crippen LogP contribution in [0.5, 0.6) is 11.5 Å². The van der Waals surface area contributed by atoms with E-state index in [1.54, 1.807) is 0 Å². The second-order valence-corrected chi connectivity index (χ2v) is 7.76. The Morgan fingerprint density at radius 1 is 0.963 bits per heavy atom. The Balaban J connectivity index is 1.22. The van der Waals surface area contributed by atoms with Crippen LogP contribution in [-0.2, 0) is 9.59 Å². The molecule has 4 rings (SSSR count). The van der Waals surface area contributed by atoms with Gasteiger partial charge in [0.15, 0.2) is 11.5 Å². The Hall–Kier alpha value is -2.24. The summed E-state index contributed by atoms with van der Waals surface area (Å²) in [7, 11) is 0. The average molecular weight is 372 g/mol. The molecule has 0 aromatic heterocycles. The molecule has 27 heavy (non-hydrogen) atoms. The first kappa shape index (κ1) is 18.1. The number of para-hydroxylation sites is 2. The molecule has 1 aromatic carbocycles. The van der Waals surface area contributed by atoms with Crippen LogP contribution in [0.4, 0.5) is 0 Å². The van der Waals surface area contributed by atoms with Gasteiger partial charge in [-0.3, -0.25) is 9.59 Å². The van der Waals surface area contributed by atoms with Crippen molar-refractivity contribution in [3.8, 4) is 11.5 Å². The molecule has 146 valence electrons. The van der Waals surface area contributed by atoms with Gasteiger partial charge in [-0.1, -0.05) is 12.1 Å². The van der Waals surface area contributed by atoms with Crippen LogP contribution < -0.4 is 9.47 Å². The molecular formula is C21H28N2O4. The monoisotopic (exact) mass is 372 g/mol. The SMILES string of the molecule is O=C(CCC1CCN(C(=O)[C@@H]2COc3ccccc3O2)CC1)N1CCCC1. The van der Waals surface area contributed by atoms with Gasteiger partial charge in [-0.05, 0) is 50.2 Å². The predicted molar refractivity (Wildman–Crippen MR) is 101 cm³/mol. The number of carbonyl (C=O) groups is 2. The van der Waals surface area contributed by atoms with E-state index in [1.165, 1.54) is 0 Å². The van der Waals surface area contributed by atoms with E-state index in [-0.39, 0.29) is 12.5 Å². The molecule has 0 aliphatic carbocycles. The predicted octanol–water partition coefficient (Wildman–Crippen LogP) is 2.47. The minimum atomic E-state index is -0.562. The molecule has 0 bridgehead atoms. The van der Waals surface area contributed by atoms with Crippen molar-refractivity contribution in [1.29, 1.82) is 0 Å². The highest BCUT2D eigenvalue weighted by Crippen LogP contribution is 2.32. The minimum absolute atomic E-state index is 0.0103. The molecule has 0 radical (unpaired) electrons. The summed E-state index contributed by atoms with van der Waals surface area (Å²) in [5.41, 5.74) is 0. The fourth-order valence-electron chi connectivity index (χ4n) is 4.24. The number of piperidine rings is 1. The van der Waals surface area contributed by atoms with Crippen molar-refractivity contribution < 1.29 is 19.1 Å². The number of likely N-dealkylation sites (tertiary alicyclic amines) is 2. The number of amides is 2. The van der Waals surface area contributed by atoms with Crippen LogP contribution in [-0.4, -0.2) is 60.5 Å². The van der Waals surface area contributed by atoms with Crippen molar-refractivity contribution in [3.05, 3.63) is 24.3 Å². The van der Waals surface area contributed by atoms with Gasteiger partial charge in [0.05, 0.1) is 0 Å². The lowest BCUT2D eigenvalue weighted by Gasteiger charge is -2.35. The Bertz CT molecular complexity index is 679. The Morgan fingerprint density at radius 3 is 2.41 bits per heavy atom. The summed E-state index contributed by atoms with van der Waals surface area (Å²) in [6.07, 6.45) is 5.23. The summed E-state index contributed by atoms with van der Waals surface area (Å²) in [5, 5.41) is 0. The number of fused-ring (bicyclic) bond motifs is 1. The third-order valence-electron chi connectivity index (χ3n) is 5.94. The smallest absolute Gasteiger partial charge is 0.267 e. The van der Waals surface area contributed by atoms with Crippen LogP contribution >= 0.6 is 0 Å². The van der Waals surface area contributed by atoms with E-state index in [4.69, 9.17) is 9.47 Å². The van der Waals surface area contributed by atoms with Crippen molar-refractivity contribution in [3.63, 3.8) is 0 Å². The third kappa shape index (κ3) is 4.20. The van der Waals surface area contributed by atoms with E-state index in [1.807, 2.05) is 34.1 Å². The van der Waals surface area contributed by atoms with Crippen LogP contribution in [0.25, 0.3) is 0 Å². The molecule has 3 aliphatic heterocycles. The molecule has 3 heterocycles. The number of rotatable bonds is 4. The highest BCUT2D eigenvalue weighted by Gasteiger charge is 2.33. The van der Waals surface area contributed by atoms with Gasteiger partial charge in [0.1, 0.15) is 6.61 Å². The summed E-state index contributed by atoms with van der Waals surface area (Å²) in [5.74, 6) is 2.18. The van der Waals surface area contributed by atoms with Gasteiger partial charge < -0.3 is 19.3 Å². The summed E-state index contributed by atoms with van der Waals surface area (Å²) >= 11 is 0. The number of carbonyl (C=O) groups excluding carboxylic acids is 2. The molecule has 2 saturated heterocycles. The zero-order valence-electron chi connectivity index (χ0n) is 15.8. The van der Waals surface area contributed by atoms with Crippen molar-refractivity contribution in [2.45, 2.75) is 44.6 Å². The zero-order chi connectivity index (χ0) is 18.6. The molecule has 1 aromatic rings. The van der Waals surface area contributed by atoms with Crippen LogP contribution in [0.1, 0.15) is 38.5 Å². The minimum Gasteiger partial charge on any atom is -0.485 e. The lowest BCUT2D eigenvalue weighted by atomic mass is 9.91. The largest absolute Gasteiger partial charge is 0.485 e. The molecular weight excluding hydrogens is 344 g/mol. The van der Waals surface area contributed by atoms with Gasteiger partial charge in [0.2, 0.25) is 12.0 Å². The molecule has 0 spiro atoms. The normalized spacial score (nSPS) is 22.7. The number of hydrogen-bond donors (Lipinski definition) is 0. The first-order valence-electron chi connectivity index (χ1n) is 10.2. The maximum Gasteiger partial charge on any atom is 0.267 e. The van der Waals surface area contributed by atoms with Crippen LogP contribution in [0.15, 0.2) is 24.3 Å². The quantitative estimate of drug-likeness (QED) is 0.815. The van der Waals surface area contributed by atoms with Crippen LogP contribution in [0, 0.1) is 5.92 Å². The first-order valence-corrected chi connectivity index (χ1v) is 10.2. The summed E-state index contributed by atoms with van der Waals surface area (Å²) in [6.45, 7) is 3.60. The molecule has 0 unspecified atom stereocenters. The van der Waals surface area contributed by atoms with E-state index in [0.717, 1.165) is 58.3 Å². The maximum absolute atomic E-state index is 12.8. The van der Waals surface area contributed by atoms with Crippen molar-refractivity contribution in [1.82, 2.24) is 9.80 Å². The molecule has 6 heteroatoms. The van der Waals surface area contributed by atoms with E-state index in [2.05, 4.69) is 0 Å².